The first-order valence-corrected chi connectivity index (χ1v) is 5.14. The van der Waals surface area contributed by atoms with Crippen molar-refractivity contribution in [3.05, 3.63) is 12.1 Å². The van der Waals surface area contributed by atoms with Crippen molar-refractivity contribution in [2.75, 3.05) is 0 Å². The van der Waals surface area contributed by atoms with Crippen molar-refractivity contribution < 1.29 is 12.8 Å². The summed E-state index contributed by atoms with van der Waals surface area (Å²) in [5.41, 5.74) is 0. The number of rotatable bonds is 2. The highest BCUT2D eigenvalue weighted by Crippen LogP contribution is 2.14. The first kappa shape index (κ1) is 10.1. The molecule has 1 rings (SSSR count). The van der Waals surface area contributed by atoms with Crippen LogP contribution in [0.4, 0.5) is 4.39 Å². The molecule has 0 atom stereocenters. The Labute approximate surface area is 75.4 Å². The molecule has 0 bridgehead atoms. The van der Waals surface area contributed by atoms with Gasteiger partial charge in [0.2, 0.25) is 16.0 Å². The molecule has 0 amide bonds. The molecule has 13 heavy (non-hydrogen) atoms. The van der Waals surface area contributed by atoms with E-state index in [0.717, 1.165) is 10.9 Å². The second-order valence-electron chi connectivity index (χ2n) is 2.88. The normalized spacial score (nSPS) is 12.4. The molecule has 1 heterocycles. The van der Waals surface area contributed by atoms with Gasteiger partial charge in [-0.1, -0.05) is 0 Å². The lowest BCUT2D eigenvalue weighted by molar-refractivity contribution is 0.405. The first-order valence-electron chi connectivity index (χ1n) is 3.60. The van der Waals surface area contributed by atoms with Crippen LogP contribution in [0.2, 0.25) is 0 Å². The van der Waals surface area contributed by atoms with Crippen LogP contribution in [0, 0.1) is 5.95 Å². The summed E-state index contributed by atoms with van der Waals surface area (Å²) < 4.78 is 35.7. The minimum atomic E-state index is -4.00. The molecule has 0 aliphatic carbocycles. The van der Waals surface area contributed by atoms with Gasteiger partial charge in [-0.3, -0.25) is 0 Å². The predicted molar refractivity (Wildman–Crippen MR) is 43.9 cm³/mol. The van der Waals surface area contributed by atoms with Gasteiger partial charge in [0.15, 0.2) is 4.90 Å². The molecule has 0 saturated carbocycles. The van der Waals surface area contributed by atoms with Gasteiger partial charge in [-0.25, -0.2) is 18.2 Å². The molecule has 1 aromatic rings. The van der Waals surface area contributed by atoms with Crippen LogP contribution in [0.25, 0.3) is 0 Å². The van der Waals surface area contributed by atoms with Crippen molar-refractivity contribution in [2.24, 2.45) is 5.14 Å². The van der Waals surface area contributed by atoms with Gasteiger partial charge in [0, 0.05) is 6.04 Å². The van der Waals surface area contributed by atoms with Gasteiger partial charge in [0.25, 0.3) is 0 Å². The maximum Gasteiger partial charge on any atom is 0.244 e. The third-order valence-electron chi connectivity index (χ3n) is 1.50. The third kappa shape index (κ3) is 1.86. The largest absolute Gasteiger partial charge is 0.244 e. The van der Waals surface area contributed by atoms with Crippen LogP contribution in [0.5, 0.6) is 0 Å². The molecule has 7 heteroatoms. The molecule has 0 spiro atoms. The summed E-state index contributed by atoms with van der Waals surface area (Å²) in [6.07, 6.45) is 0.907. The lowest BCUT2D eigenvalue weighted by Gasteiger charge is -2.04. The first-order chi connectivity index (χ1) is 5.84. The number of nitrogens with two attached hydrogens (primary N) is 1. The molecule has 5 nitrogen and oxygen atoms in total. The van der Waals surface area contributed by atoms with Gasteiger partial charge < -0.3 is 0 Å². The van der Waals surface area contributed by atoms with Crippen LogP contribution in [-0.2, 0) is 10.0 Å². The van der Waals surface area contributed by atoms with E-state index in [9.17, 15) is 12.8 Å². The summed E-state index contributed by atoms with van der Waals surface area (Å²) in [6.45, 7) is 3.37. The van der Waals surface area contributed by atoms with Gasteiger partial charge in [-0.15, -0.1) is 0 Å². The molecule has 74 valence electrons. The Bertz CT molecular complexity index is 410. The summed E-state index contributed by atoms with van der Waals surface area (Å²) in [5, 5.41) is 8.31. The Morgan fingerprint density at radius 2 is 2.15 bits per heavy atom. The summed E-state index contributed by atoms with van der Waals surface area (Å²) in [6, 6.07) is -0.240. The zero-order valence-electron chi connectivity index (χ0n) is 7.23. The third-order valence-corrected chi connectivity index (χ3v) is 2.39. The van der Waals surface area contributed by atoms with Gasteiger partial charge in [-0.05, 0) is 13.8 Å². The number of sulfonamides is 1. The van der Waals surface area contributed by atoms with Crippen molar-refractivity contribution in [3.63, 3.8) is 0 Å². The Morgan fingerprint density at radius 3 is 2.38 bits per heavy atom. The molecule has 0 aliphatic rings. The monoisotopic (exact) mass is 207 g/mol. The molecule has 0 saturated heterocycles. The highest BCUT2D eigenvalue weighted by atomic mass is 32.2. The van der Waals surface area contributed by atoms with Gasteiger partial charge in [-0.2, -0.15) is 9.49 Å². The van der Waals surface area contributed by atoms with Crippen LogP contribution in [0.15, 0.2) is 11.1 Å². The van der Waals surface area contributed by atoms with Crippen LogP contribution in [0.1, 0.15) is 19.9 Å². The molecule has 1 aromatic heterocycles. The fraction of sp³-hybridized carbons (Fsp3) is 0.500. The second-order valence-corrected chi connectivity index (χ2v) is 4.41. The number of aromatic nitrogens is 2. The van der Waals surface area contributed by atoms with Crippen molar-refractivity contribution in [1.29, 1.82) is 0 Å². The average molecular weight is 207 g/mol. The topological polar surface area (TPSA) is 78.0 Å². The summed E-state index contributed by atoms with van der Waals surface area (Å²) in [5.74, 6) is -0.919. The highest BCUT2D eigenvalue weighted by molar-refractivity contribution is 7.89. The average Bonchev–Trinajstić information content (AvgIpc) is 2.28. The predicted octanol–water partition coefficient (Wildman–Crippen LogP) is 0.251. The van der Waals surface area contributed by atoms with E-state index in [-0.39, 0.29) is 6.04 Å². The maximum absolute atomic E-state index is 13.2. The number of primary sulfonamides is 1. The molecule has 0 aliphatic heterocycles. The molecule has 0 aromatic carbocycles. The van der Waals surface area contributed by atoms with Crippen molar-refractivity contribution in [1.82, 2.24) is 9.78 Å². The fourth-order valence-corrected chi connectivity index (χ4v) is 1.40. The van der Waals surface area contributed by atoms with E-state index in [4.69, 9.17) is 5.14 Å². The van der Waals surface area contributed by atoms with E-state index < -0.39 is 20.9 Å². The molecule has 0 unspecified atom stereocenters. The zero-order valence-corrected chi connectivity index (χ0v) is 8.05. The minimum Gasteiger partial charge on any atom is -0.236 e. The van der Waals surface area contributed by atoms with E-state index in [1.165, 1.54) is 0 Å². The van der Waals surface area contributed by atoms with Crippen LogP contribution in [0.3, 0.4) is 0 Å². The van der Waals surface area contributed by atoms with Crippen molar-refractivity contribution >= 4 is 10.0 Å². The van der Waals surface area contributed by atoms with Crippen molar-refractivity contribution in [3.8, 4) is 0 Å². The Hall–Kier alpha value is -0.950. The Kier molecular flexibility index (Phi) is 2.40. The molecule has 2 N–H and O–H groups in total. The fourth-order valence-electron chi connectivity index (χ4n) is 0.882. The van der Waals surface area contributed by atoms with Crippen LogP contribution in [-0.4, -0.2) is 18.2 Å². The Balaban J connectivity index is 3.30. The summed E-state index contributed by atoms with van der Waals surface area (Å²) in [4.78, 5) is -0.568. The molecular weight excluding hydrogens is 197 g/mol. The minimum absolute atomic E-state index is 0.240. The van der Waals surface area contributed by atoms with E-state index in [0.29, 0.717) is 0 Å². The number of hydrogen-bond acceptors (Lipinski definition) is 3. The number of halogens is 1. The zero-order chi connectivity index (χ0) is 10.2. The van der Waals surface area contributed by atoms with E-state index in [2.05, 4.69) is 5.10 Å². The SMILES string of the molecule is CC(C)n1ncc(S(N)(=O)=O)c1F. The standard InChI is InChI=1S/C6H10FN3O2S/c1-4(2)10-6(7)5(3-9-10)13(8,11)12/h3-4H,1-2H3,(H2,8,11,12). The highest BCUT2D eigenvalue weighted by Gasteiger charge is 2.20. The quantitative estimate of drug-likeness (QED) is 0.755. The van der Waals surface area contributed by atoms with Gasteiger partial charge >= 0.3 is 0 Å². The summed E-state index contributed by atoms with van der Waals surface area (Å²) >= 11 is 0. The van der Waals surface area contributed by atoms with E-state index in [1.807, 2.05) is 0 Å². The molecule has 0 radical (unpaired) electrons. The van der Waals surface area contributed by atoms with Crippen LogP contribution >= 0.6 is 0 Å². The summed E-state index contributed by atoms with van der Waals surface area (Å²) in [7, 11) is -4.00. The second kappa shape index (κ2) is 3.08. The Morgan fingerprint density at radius 1 is 1.62 bits per heavy atom. The number of hydrogen-bond donors (Lipinski definition) is 1. The maximum atomic E-state index is 13.2. The molecular formula is C6H10FN3O2S. The molecule has 0 fully saturated rings. The van der Waals surface area contributed by atoms with Crippen molar-refractivity contribution in [2.45, 2.75) is 24.8 Å². The lowest BCUT2D eigenvalue weighted by Crippen LogP contribution is -2.14. The smallest absolute Gasteiger partial charge is 0.236 e. The van der Waals surface area contributed by atoms with Crippen LogP contribution < -0.4 is 5.14 Å². The lowest BCUT2D eigenvalue weighted by atomic mass is 10.4. The van der Waals surface area contributed by atoms with E-state index in [1.54, 1.807) is 13.8 Å². The van der Waals surface area contributed by atoms with Gasteiger partial charge in [0.05, 0.1) is 6.20 Å². The van der Waals surface area contributed by atoms with E-state index >= 15 is 0 Å². The number of nitrogens with zero attached hydrogens (tertiary/aromatic N) is 2. The van der Waals surface area contributed by atoms with Gasteiger partial charge in [0.1, 0.15) is 0 Å².